The van der Waals surface area contributed by atoms with E-state index < -0.39 is 0 Å². The zero-order valence-electron chi connectivity index (χ0n) is 5.06. The van der Waals surface area contributed by atoms with Crippen LogP contribution in [0.25, 0.3) is 0 Å². The number of hydrogen-bond donors (Lipinski definition) is 0. The average molecular weight is 107 g/mol. The summed E-state index contributed by atoms with van der Waals surface area (Å²) in [5, 5.41) is 0. The molecule has 1 fully saturated rings. The highest BCUT2D eigenvalue weighted by atomic mass is 14.3. The molecule has 0 heteroatoms. The molecule has 0 aromatic carbocycles. The zero-order valence-corrected chi connectivity index (χ0v) is 5.06. The standard InChI is InChI=1S/C8H11/c1-2-4-7(3-1)8-5-6-8/h1,3,8H,2,4-6H2. The van der Waals surface area contributed by atoms with Crippen LogP contribution in [-0.4, -0.2) is 0 Å². The van der Waals surface area contributed by atoms with Crippen molar-refractivity contribution in [3.05, 3.63) is 18.1 Å². The van der Waals surface area contributed by atoms with Crippen molar-refractivity contribution >= 4 is 0 Å². The van der Waals surface area contributed by atoms with E-state index in [0.717, 1.165) is 5.92 Å². The van der Waals surface area contributed by atoms with Gasteiger partial charge < -0.3 is 0 Å². The minimum Gasteiger partial charge on any atom is -0.0879 e. The van der Waals surface area contributed by atoms with Gasteiger partial charge in [-0.15, -0.1) is 0 Å². The molecule has 0 spiro atoms. The molecule has 0 aromatic rings. The topological polar surface area (TPSA) is 0 Å². The Balaban J connectivity index is 1.95. The molecule has 0 nitrogen and oxygen atoms in total. The van der Waals surface area contributed by atoms with Gasteiger partial charge in [-0.3, -0.25) is 0 Å². The molecule has 0 aromatic heterocycles. The Bertz CT molecular complexity index is 109. The van der Waals surface area contributed by atoms with Crippen molar-refractivity contribution in [2.45, 2.75) is 25.7 Å². The Hall–Kier alpha value is -0.260. The van der Waals surface area contributed by atoms with E-state index in [2.05, 4.69) is 12.2 Å². The van der Waals surface area contributed by atoms with E-state index in [-0.39, 0.29) is 0 Å². The first kappa shape index (κ1) is 4.60. The molecule has 0 N–H and O–H groups in total. The second kappa shape index (κ2) is 1.61. The molecule has 2 aliphatic carbocycles. The zero-order chi connectivity index (χ0) is 5.40. The SMILES string of the molecule is C1=C[C](C2CC2)CC1. The Kier molecular flexibility index (Phi) is 0.927. The molecule has 1 radical (unpaired) electrons. The first-order valence-electron chi connectivity index (χ1n) is 3.49. The van der Waals surface area contributed by atoms with E-state index in [4.69, 9.17) is 0 Å². The van der Waals surface area contributed by atoms with Gasteiger partial charge in [-0.1, -0.05) is 12.2 Å². The molecular weight excluding hydrogens is 96.1 g/mol. The summed E-state index contributed by atoms with van der Waals surface area (Å²) in [6.45, 7) is 0. The Morgan fingerprint density at radius 3 is 2.75 bits per heavy atom. The Labute approximate surface area is 50.6 Å². The first-order chi connectivity index (χ1) is 3.97. The normalized spacial score (nSPS) is 29.5. The van der Waals surface area contributed by atoms with Crippen molar-refractivity contribution in [3.8, 4) is 0 Å². The molecule has 0 saturated heterocycles. The van der Waals surface area contributed by atoms with Crippen LogP contribution < -0.4 is 0 Å². The quantitative estimate of drug-likeness (QED) is 0.482. The van der Waals surface area contributed by atoms with E-state index in [0.29, 0.717) is 0 Å². The Morgan fingerprint density at radius 1 is 1.38 bits per heavy atom. The maximum absolute atomic E-state index is 2.33. The smallest absolute Gasteiger partial charge is 0.000659 e. The monoisotopic (exact) mass is 107 g/mol. The minimum absolute atomic E-state index is 1.02. The van der Waals surface area contributed by atoms with Gasteiger partial charge >= 0.3 is 0 Å². The van der Waals surface area contributed by atoms with Crippen LogP contribution in [0.1, 0.15) is 25.7 Å². The molecule has 0 unspecified atom stereocenters. The maximum Gasteiger partial charge on any atom is 0.000659 e. The predicted octanol–water partition coefficient (Wildman–Crippen LogP) is 2.32. The van der Waals surface area contributed by atoms with Crippen molar-refractivity contribution in [1.29, 1.82) is 0 Å². The molecule has 0 heterocycles. The van der Waals surface area contributed by atoms with Gasteiger partial charge in [0.2, 0.25) is 0 Å². The lowest BCUT2D eigenvalue weighted by atomic mass is 10.0. The summed E-state index contributed by atoms with van der Waals surface area (Å²) in [4.78, 5) is 0. The fourth-order valence-electron chi connectivity index (χ4n) is 1.36. The molecule has 43 valence electrons. The summed E-state index contributed by atoms with van der Waals surface area (Å²) < 4.78 is 0. The molecule has 0 amide bonds. The van der Waals surface area contributed by atoms with Crippen LogP contribution in [0, 0.1) is 11.8 Å². The third-order valence-electron chi connectivity index (χ3n) is 2.03. The van der Waals surface area contributed by atoms with Gasteiger partial charge in [-0.25, -0.2) is 0 Å². The lowest BCUT2D eigenvalue weighted by Crippen LogP contribution is -1.88. The molecule has 2 rings (SSSR count). The van der Waals surface area contributed by atoms with Gasteiger partial charge in [0.25, 0.3) is 0 Å². The number of allylic oxidation sites excluding steroid dienone is 2. The lowest BCUT2D eigenvalue weighted by molar-refractivity contribution is 0.805. The summed E-state index contributed by atoms with van der Waals surface area (Å²) in [5.41, 5.74) is 0. The largest absolute Gasteiger partial charge is 0.0879 e. The molecule has 0 atom stereocenters. The predicted molar refractivity (Wildman–Crippen MR) is 34.3 cm³/mol. The van der Waals surface area contributed by atoms with Crippen LogP contribution >= 0.6 is 0 Å². The highest BCUT2D eigenvalue weighted by Gasteiger charge is 2.30. The molecule has 0 aliphatic heterocycles. The number of rotatable bonds is 1. The van der Waals surface area contributed by atoms with Crippen molar-refractivity contribution in [2.24, 2.45) is 5.92 Å². The van der Waals surface area contributed by atoms with Gasteiger partial charge in [-0.05, 0) is 31.6 Å². The average Bonchev–Trinajstić information content (AvgIpc) is 2.49. The van der Waals surface area contributed by atoms with Crippen LogP contribution in [0.2, 0.25) is 0 Å². The van der Waals surface area contributed by atoms with Crippen molar-refractivity contribution in [1.82, 2.24) is 0 Å². The summed E-state index contributed by atoms with van der Waals surface area (Å²) in [6.07, 6.45) is 10.3. The van der Waals surface area contributed by atoms with Gasteiger partial charge in [-0.2, -0.15) is 0 Å². The van der Waals surface area contributed by atoms with Gasteiger partial charge in [0.1, 0.15) is 0 Å². The fraction of sp³-hybridized carbons (Fsp3) is 0.625. The minimum atomic E-state index is 1.02. The van der Waals surface area contributed by atoms with Crippen LogP contribution in [0.5, 0.6) is 0 Å². The molecular formula is C8H11. The van der Waals surface area contributed by atoms with E-state index in [1.54, 1.807) is 5.92 Å². The molecule has 8 heavy (non-hydrogen) atoms. The lowest BCUT2D eigenvalue weighted by Gasteiger charge is -1.99. The van der Waals surface area contributed by atoms with Crippen molar-refractivity contribution in [3.63, 3.8) is 0 Å². The third-order valence-corrected chi connectivity index (χ3v) is 2.03. The van der Waals surface area contributed by atoms with Crippen LogP contribution in [0.15, 0.2) is 12.2 Å². The van der Waals surface area contributed by atoms with Crippen molar-refractivity contribution in [2.75, 3.05) is 0 Å². The van der Waals surface area contributed by atoms with Gasteiger partial charge in [0, 0.05) is 5.92 Å². The van der Waals surface area contributed by atoms with Crippen molar-refractivity contribution < 1.29 is 0 Å². The summed E-state index contributed by atoms with van der Waals surface area (Å²) >= 11 is 0. The second-order valence-corrected chi connectivity index (χ2v) is 2.79. The summed E-state index contributed by atoms with van der Waals surface area (Å²) in [6, 6.07) is 0. The van der Waals surface area contributed by atoms with Gasteiger partial charge in [0.15, 0.2) is 0 Å². The van der Waals surface area contributed by atoms with Crippen LogP contribution in [0.4, 0.5) is 0 Å². The summed E-state index contributed by atoms with van der Waals surface area (Å²) in [5.74, 6) is 2.75. The third kappa shape index (κ3) is 0.683. The summed E-state index contributed by atoms with van der Waals surface area (Å²) in [7, 11) is 0. The second-order valence-electron chi connectivity index (χ2n) is 2.79. The van der Waals surface area contributed by atoms with Crippen LogP contribution in [0.3, 0.4) is 0 Å². The first-order valence-corrected chi connectivity index (χ1v) is 3.49. The van der Waals surface area contributed by atoms with E-state index in [1.807, 2.05) is 0 Å². The molecule has 2 aliphatic rings. The molecule has 0 bridgehead atoms. The highest BCUT2D eigenvalue weighted by Crippen LogP contribution is 2.43. The Morgan fingerprint density at radius 2 is 2.25 bits per heavy atom. The van der Waals surface area contributed by atoms with Gasteiger partial charge in [0.05, 0.1) is 0 Å². The highest BCUT2D eigenvalue weighted by molar-refractivity contribution is 5.22. The van der Waals surface area contributed by atoms with Crippen LogP contribution in [-0.2, 0) is 0 Å². The maximum atomic E-state index is 2.33. The number of hydrogen-bond acceptors (Lipinski definition) is 0. The van der Waals surface area contributed by atoms with E-state index in [1.165, 1.54) is 25.7 Å². The fourth-order valence-corrected chi connectivity index (χ4v) is 1.36. The van der Waals surface area contributed by atoms with E-state index >= 15 is 0 Å². The molecule has 1 saturated carbocycles. The van der Waals surface area contributed by atoms with E-state index in [9.17, 15) is 0 Å².